The average molecular weight is 258 g/mol. The monoisotopic (exact) mass is 258 g/mol. The predicted molar refractivity (Wildman–Crippen MR) is 76.8 cm³/mol. The molecule has 0 spiro atoms. The zero-order valence-corrected chi connectivity index (χ0v) is 13.7. The van der Waals surface area contributed by atoms with Crippen LogP contribution in [-0.4, -0.2) is 21.2 Å². The molecular formula is C14H30O2Si. The Kier molecular flexibility index (Phi) is 6.09. The van der Waals surface area contributed by atoms with Crippen molar-refractivity contribution >= 4 is 14.6 Å². The summed E-state index contributed by atoms with van der Waals surface area (Å²) in [5.41, 5.74) is 0.179. The Morgan fingerprint density at radius 3 is 2.06 bits per heavy atom. The molecule has 0 rings (SSSR count). The minimum absolute atomic E-state index is 0.179. The van der Waals surface area contributed by atoms with Gasteiger partial charge >= 0.3 is 0 Å². The normalized spacial score (nSPS) is 13.8. The molecule has 0 aliphatic carbocycles. The van der Waals surface area contributed by atoms with Gasteiger partial charge in [-0.05, 0) is 36.4 Å². The Morgan fingerprint density at radius 1 is 1.12 bits per heavy atom. The Labute approximate surface area is 108 Å². The fraction of sp³-hybridized carbons (Fsp3) is 0.929. The molecule has 2 nitrogen and oxygen atoms in total. The summed E-state index contributed by atoms with van der Waals surface area (Å²) >= 11 is 0. The zero-order valence-electron chi connectivity index (χ0n) is 12.7. The number of aldehydes is 1. The van der Waals surface area contributed by atoms with Crippen LogP contribution in [0.25, 0.3) is 0 Å². The van der Waals surface area contributed by atoms with Crippen molar-refractivity contribution in [3.8, 4) is 0 Å². The van der Waals surface area contributed by atoms with Crippen LogP contribution in [0.5, 0.6) is 0 Å². The zero-order chi connectivity index (χ0) is 13.7. The van der Waals surface area contributed by atoms with E-state index in [2.05, 4.69) is 47.7 Å². The Balaban J connectivity index is 4.21. The first-order valence-corrected chi connectivity index (χ1v) is 9.50. The van der Waals surface area contributed by atoms with Crippen molar-refractivity contribution in [3.63, 3.8) is 0 Å². The number of hydrogen-bond donors (Lipinski definition) is 0. The summed E-state index contributed by atoms with van der Waals surface area (Å²) < 4.78 is 6.24. The van der Waals surface area contributed by atoms with E-state index in [1.807, 2.05) is 0 Å². The van der Waals surface area contributed by atoms with Crippen molar-refractivity contribution in [1.82, 2.24) is 0 Å². The van der Waals surface area contributed by atoms with Crippen molar-refractivity contribution in [1.29, 1.82) is 0 Å². The minimum atomic E-state index is -1.63. The van der Waals surface area contributed by atoms with Crippen molar-refractivity contribution in [2.45, 2.75) is 72.0 Å². The molecule has 0 bridgehead atoms. The maximum atomic E-state index is 10.3. The summed E-state index contributed by atoms with van der Waals surface area (Å²) in [5, 5.41) is 0.270. The highest BCUT2D eigenvalue weighted by atomic mass is 28.4. The summed E-state index contributed by atoms with van der Waals surface area (Å²) in [6.45, 7) is 16.6. The minimum Gasteiger partial charge on any atom is -0.416 e. The van der Waals surface area contributed by atoms with E-state index < -0.39 is 8.32 Å². The summed E-state index contributed by atoms with van der Waals surface area (Å²) in [7, 11) is -1.63. The van der Waals surface area contributed by atoms with Crippen LogP contribution < -0.4 is 0 Å². The smallest absolute Gasteiger partial charge is 0.192 e. The maximum Gasteiger partial charge on any atom is 0.192 e. The summed E-state index contributed by atoms with van der Waals surface area (Å²) in [6, 6.07) is 0. The van der Waals surface area contributed by atoms with E-state index in [1.54, 1.807) is 0 Å². The number of hydrogen-bond acceptors (Lipinski definition) is 2. The molecule has 0 aromatic rings. The quantitative estimate of drug-likeness (QED) is 0.384. The lowest BCUT2D eigenvalue weighted by Gasteiger charge is -2.39. The van der Waals surface area contributed by atoms with Crippen LogP contribution in [0.15, 0.2) is 0 Å². The first-order chi connectivity index (χ1) is 7.52. The van der Waals surface area contributed by atoms with Gasteiger partial charge in [0, 0.05) is 13.0 Å². The van der Waals surface area contributed by atoms with E-state index >= 15 is 0 Å². The van der Waals surface area contributed by atoms with Gasteiger partial charge in [0.1, 0.15) is 6.29 Å². The second-order valence-electron chi connectivity index (χ2n) is 7.27. The van der Waals surface area contributed by atoms with Gasteiger partial charge in [-0.25, -0.2) is 0 Å². The fourth-order valence-corrected chi connectivity index (χ4v) is 2.51. The molecular weight excluding hydrogens is 228 g/mol. The molecule has 0 amide bonds. The van der Waals surface area contributed by atoms with E-state index in [9.17, 15) is 4.79 Å². The lowest BCUT2D eigenvalue weighted by molar-refractivity contribution is -0.108. The van der Waals surface area contributed by atoms with Crippen molar-refractivity contribution < 1.29 is 9.22 Å². The number of rotatable bonds is 7. The van der Waals surface area contributed by atoms with E-state index in [4.69, 9.17) is 4.43 Å². The lowest BCUT2D eigenvalue weighted by Crippen LogP contribution is -2.43. The molecule has 0 radical (unpaired) electrons. The molecule has 0 heterocycles. The van der Waals surface area contributed by atoms with Gasteiger partial charge in [0.2, 0.25) is 0 Å². The van der Waals surface area contributed by atoms with Gasteiger partial charge in [0.05, 0.1) is 0 Å². The molecule has 0 aliphatic heterocycles. The molecule has 0 atom stereocenters. The van der Waals surface area contributed by atoms with Crippen LogP contribution in [0.2, 0.25) is 18.1 Å². The van der Waals surface area contributed by atoms with E-state index in [1.165, 1.54) is 0 Å². The van der Waals surface area contributed by atoms with Crippen molar-refractivity contribution in [2.75, 3.05) is 6.61 Å². The van der Waals surface area contributed by atoms with Crippen LogP contribution in [0.4, 0.5) is 0 Å². The van der Waals surface area contributed by atoms with Gasteiger partial charge < -0.3 is 9.22 Å². The van der Waals surface area contributed by atoms with E-state index in [-0.39, 0.29) is 10.5 Å². The second kappa shape index (κ2) is 6.14. The fourth-order valence-electron chi connectivity index (χ4n) is 1.33. The van der Waals surface area contributed by atoms with E-state index in [0.717, 1.165) is 25.7 Å². The first-order valence-electron chi connectivity index (χ1n) is 6.59. The van der Waals surface area contributed by atoms with Gasteiger partial charge in [-0.15, -0.1) is 0 Å². The van der Waals surface area contributed by atoms with Gasteiger partial charge in [0.15, 0.2) is 8.32 Å². The maximum absolute atomic E-state index is 10.3. The van der Waals surface area contributed by atoms with Gasteiger partial charge in [-0.2, -0.15) is 0 Å². The molecule has 0 aliphatic rings. The largest absolute Gasteiger partial charge is 0.416 e. The molecule has 0 saturated carbocycles. The van der Waals surface area contributed by atoms with Gasteiger partial charge in [0.25, 0.3) is 0 Å². The van der Waals surface area contributed by atoms with Crippen LogP contribution in [-0.2, 0) is 9.22 Å². The highest BCUT2D eigenvalue weighted by molar-refractivity contribution is 6.74. The van der Waals surface area contributed by atoms with Crippen LogP contribution in [0.3, 0.4) is 0 Å². The molecule has 102 valence electrons. The third-order valence-electron chi connectivity index (χ3n) is 3.81. The van der Waals surface area contributed by atoms with E-state index in [0.29, 0.717) is 6.42 Å². The van der Waals surface area contributed by atoms with Crippen LogP contribution >= 0.6 is 0 Å². The van der Waals surface area contributed by atoms with Crippen LogP contribution in [0, 0.1) is 5.41 Å². The standard InChI is InChI=1S/C14H30O2Si/c1-13(2,3)17(6,7)16-12-14(4,5)10-8-9-11-15/h11H,8-10,12H2,1-7H3. The highest BCUT2D eigenvalue weighted by Gasteiger charge is 2.38. The highest BCUT2D eigenvalue weighted by Crippen LogP contribution is 2.38. The summed E-state index contributed by atoms with van der Waals surface area (Å²) in [6.07, 6.45) is 3.70. The number of carbonyl (C=O) groups excluding carboxylic acids is 1. The molecule has 0 N–H and O–H groups in total. The molecule has 17 heavy (non-hydrogen) atoms. The predicted octanol–water partition coefficient (Wildman–Crippen LogP) is 4.40. The SMILES string of the molecule is CC(C)(CCCC=O)CO[Si](C)(C)C(C)(C)C. The van der Waals surface area contributed by atoms with Crippen molar-refractivity contribution in [2.24, 2.45) is 5.41 Å². The average Bonchev–Trinajstić information content (AvgIpc) is 2.14. The van der Waals surface area contributed by atoms with Crippen molar-refractivity contribution in [3.05, 3.63) is 0 Å². The molecule has 0 aromatic carbocycles. The molecule has 0 unspecified atom stereocenters. The topological polar surface area (TPSA) is 26.3 Å². The Bertz CT molecular complexity index is 239. The molecule has 0 fully saturated rings. The third-order valence-corrected chi connectivity index (χ3v) is 8.28. The molecule has 3 heteroatoms. The Morgan fingerprint density at radius 2 is 1.65 bits per heavy atom. The first kappa shape index (κ1) is 16.8. The molecule has 0 aromatic heterocycles. The lowest BCUT2D eigenvalue weighted by atomic mass is 9.88. The molecule has 0 saturated heterocycles. The Hall–Kier alpha value is -0.153. The number of carbonyl (C=O) groups is 1. The number of unbranched alkanes of at least 4 members (excludes halogenated alkanes) is 1. The third kappa shape index (κ3) is 6.37. The summed E-state index contributed by atoms with van der Waals surface area (Å²) in [5.74, 6) is 0. The van der Waals surface area contributed by atoms with Crippen LogP contribution in [0.1, 0.15) is 53.9 Å². The van der Waals surface area contributed by atoms with Gasteiger partial charge in [-0.1, -0.05) is 34.6 Å². The van der Waals surface area contributed by atoms with Gasteiger partial charge in [-0.3, -0.25) is 0 Å². The second-order valence-corrected chi connectivity index (χ2v) is 12.1. The summed E-state index contributed by atoms with van der Waals surface area (Å²) in [4.78, 5) is 10.3.